The van der Waals surface area contributed by atoms with Crippen molar-refractivity contribution in [2.75, 3.05) is 33.4 Å². The van der Waals surface area contributed by atoms with Crippen molar-refractivity contribution < 1.29 is 14.3 Å². The number of aliphatic imine (C=N–C) groups is 1. The van der Waals surface area contributed by atoms with Gasteiger partial charge in [0.1, 0.15) is 0 Å². The number of ether oxygens (including phenoxy) is 2. The van der Waals surface area contributed by atoms with Crippen LogP contribution >= 0.6 is 0 Å². The van der Waals surface area contributed by atoms with Crippen LogP contribution in [0.4, 0.5) is 0 Å². The molecule has 144 valence electrons. The van der Waals surface area contributed by atoms with Gasteiger partial charge in [-0.2, -0.15) is 0 Å². The number of likely N-dealkylation sites (tertiary alicyclic amines) is 1. The normalized spacial score (nSPS) is 20.2. The molecule has 2 atom stereocenters. The summed E-state index contributed by atoms with van der Waals surface area (Å²) in [4.78, 5) is 23.1. The van der Waals surface area contributed by atoms with Crippen molar-refractivity contribution in [2.45, 2.75) is 33.7 Å². The van der Waals surface area contributed by atoms with Gasteiger partial charge in [0, 0.05) is 31.9 Å². The van der Waals surface area contributed by atoms with Crippen molar-refractivity contribution in [1.82, 2.24) is 15.2 Å². The summed E-state index contributed by atoms with van der Waals surface area (Å²) in [6.07, 6.45) is 2.75. The highest BCUT2D eigenvalue weighted by molar-refractivity contribution is 5.82. The molecular formula is C19H30N4O3. The summed E-state index contributed by atoms with van der Waals surface area (Å²) in [5.74, 6) is 1.43. The molecule has 0 bridgehead atoms. The van der Waals surface area contributed by atoms with E-state index in [-0.39, 0.29) is 17.8 Å². The van der Waals surface area contributed by atoms with Crippen LogP contribution in [-0.2, 0) is 16.1 Å². The van der Waals surface area contributed by atoms with Crippen LogP contribution in [0.3, 0.4) is 0 Å². The zero-order chi connectivity index (χ0) is 18.9. The molecular weight excluding hydrogens is 332 g/mol. The number of hydrogen-bond donors (Lipinski definition) is 1. The number of hydrogen-bond acceptors (Lipinski definition) is 5. The predicted molar refractivity (Wildman–Crippen MR) is 101 cm³/mol. The fraction of sp³-hybridized carbons (Fsp3) is 0.632. The molecule has 1 aromatic heterocycles. The first-order chi connectivity index (χ1) is 12.6. The van der Waals surface area contributed by atoms with Gasteiger partial charge in [-0.25, -0.2) is 9.98 Å². The Balaban J connectivity index is 2.01. The molecule has 2 unspecified atom stereocenters. The summed E-state index contributed by atoms with van der Waals surface area (Å²) in [6.45, 7) is 9.55. The van der Waals surface area contributed by atoms with E-state index in [2.05, 4.69) is 29.0 Å². The van der Waals surface area contributed by atoms with Gasteiger partial charge in [0.25, 0.3) is 0 Å². The highest BCUT2D eigenvalue weighted by Crippen LogP contribution is 2.24. The summed E-state index contributed by atoms with van der Waals surface area (Å²) in [7, 11) is 1.44. The number of nitrogens with one attached hydrogen (secondary N) is 1. The fourth-order valence-corrected chi connectivity index (χ4v) is 2.99. The fourth-order valence-electron chi connectivity index (χ4n) is 2.99. The minimum atomic E-state index is -0.150. The van der Waals surface area contributed by atoms with Gasteiger partial charge in [-0.15, -0.1) is 0 Å². The van der Waals surface area contributed by atoms with Gasteiger partial charge in [0.05, 0.1) is 26.2 Å². The molecule has 0 radical (unpaired) electrons. The Hall–Kier alpha value is -2.31. The van der Waals surface area contributed by atoms with E-state index in [9.17, 15) is 4.79 Å². The maximum Gasteiger partial charge on any atom is 0.310 e. The zero-order valence-electron chi connectivity index (χ0n) is 16.2. The molecule has 7 nitrogen and oxygen atoms in total. The van der Waals surface area contributed by atoms with Crippen LogP contribution in [-0.4, -0.2) is 55.2 Å². The number of methoxy groups -OCH3 is 1. The Bertz CT molecular complexity index is 603. The second-order valence-corrected chi connectivity index (χ2v) is 6.54. The van der Waals surface area contributed by atoms with Crippen LogP contribution < -0.4 is 10.1 Å². The van der Waals surface area contributed by atoms with E-state index in [0.29, 0.717) is 25.6 Å². The number of nitrogens with zero attached hydrogens (tertiary/aromatic N) is 3. The smallest absolute Gasteiger partial charge is 0.310 e. The van der Waals surface area contributed by atoms with E-state index in [0.717, 1.165) is 31.0 Å². The maximum atomic E-state index is 11.9. The lowest BCUT2D eigenvalue weighted by Crippen LogP contribution is -2.40. The lowest BCUT2D eigenvalue weighted by molar-refractivity contribution is -0.145. The molecule has 1 N–H and O–H groups in total. The second kappa shape index (κ2) is 9.99. The van der Waals surface area contributed by atoms with Crippen molar-refractivity contribution in [2.24, 2.45) is 16.8 Å². The Morgan fingerprint density at radius 2 is 2.19 bits per heavy atom. The summed E-state index contributed by atoms with van der Waals surface area (Å²) in [6, 6.07) is 3.85. The minimum absolute atomic E-state index is 0.111. The summed E-state index contributed by atoms with van der Waals surface area (Å²) < 4.78 is 10.4. The molecule has 1 aliphatic rings. The van der Waals surface area contributed by atoms with Gasteiger partial charge >= 0.3 is 5.97 Å². The van der Waals surface area contributed by atoms with Gasteiger partial charge in [-0.3, -0.25) is 4.79 Å². The predicted octanol–water partition coefficient (Wildman–Crippen LogP) is 2.08. The van der Waals surface area contributed by atoms with Crippen molar-refractivity contribution >= 4 is 11.9 Å². The average Bonchev–Trinajstić information content (AvgIpc) is 3.05. The monoisotopic (exact) mass is 362 g/mol. The highest BCUT2D eigenvalue weighted by atomic mass is 16.5. The van der Waals surface area contributed by atoms with E-state index in [1.54, 1.807) is 6.20 Å². The molecule has 0 spiro atoms. The second-order valence-electron chi connectivity index (χ2n) is 6.54. The van der Waals surface area contributed by atoms with Crippen LogP contribution in [0.15, 0.2) is 23.3 Å². The minimum Gasteiger partial charge on any atom is -0.478 e. The maximum absolute atomic E-state index is 11.9. The Kier molecular flexibility index (Phi) is 7.69. The molecule has 0 amide bonds. The van der Waals surface area contributed by atoms with Gasteiger partial charge < -0.3 is 19.7 Å². The van der Waals surface area contributed by atoms with E-state index in [1.807, 2.05) is 19.1 Å². The van der Waals surface area contributed by atoms with Crippen LogP contribution in [0.2, 0.25) is 0 Å². The van der Waals surface area contributed by atoms with E-state index < -0.39 is 0 Å². The van der Waals surface area contributed by atoms with Crippen molar-refractivity contribution in [1.29, 1.82) is 0 Å². The molecule has 0 saturated carbocycles. The third-order valence-electron chi connectivity index (χ3n) is 4.41. The molecule has 1 fully saturated rings. The lowest BCUT2D eigenvalue weighted by atomic mass is 9.99. The molecule has 1 saturated heterocycles. The molecule has 7 heteroatoms. The van der Waals surface area contributed by atoms with E-state index in [4.69, 9.17) is 14.5 Å². The van der Waals surface area contributed by atoms with Gasteiger partial charge in [0.15, 0.2) is 5.96 Å². The molecule has 1 aliphatic heterocycles. The number of esters is 1. The number of aromatic nitrogens is 1. The third-order valence-corrected chi connectivity index (χ3v) is 4.41. The van der Waals surface area contributed by atoms with E-state index in [1.165, 1.54) is 7.11 Å². The number of carbonyl (C=O) groups is 1. The first-order valence-corrected chi connectivity index (χ1v) is 9.27. The van der Waals surface area contributed by atoms with Crippen LogP contribution in [0.5, 0.6) is 5.88 Å². The van der Waals surface area contributed by atoms with Crippen LogP contribution in [0.25, 0.3) is 0 Å². The molecule has 26 heavy (non-hydrogen) atoms. The highest BCUT2D eigenvalue weighted by Gasteiger charge is 2.36. The first kappa shape index (κ1) is 20.0. The molecule has 2 heterocycles. The molecule has 1 aromatic rings. The quantitative estimate of drug-likeness (QED) is 0.455. The molecule has 0 aliphatic carbocycles. The van der Waals surface area contributed by atoms with Gasteiger partial charge in [-0.1, -0.05) is 19.9 Å². The Morgan fingerprint density at radius 3 is 2.81 bits per heavy atom. The van der Waals surface area contributed by atoms with Crippen molar-refractivity contribution in [3.63, 3.8) is 0 Å². The van der Waals surface area contributed by atoms with Crippen LogP contribution in [0.1, 0.15) is 32.8 Å². The van der Waals surface area contributed by atoms with Crippen molar-refractivity contribution in [3.05, 3.63) is 23.9 Å². The number of guanidine groups is 1. The lowest BCUT2D eigenvalue weighted by Gasteiger charge is -2.21. The first-order valence-electron chi connectivity index (χ1n) is 9.27. The topological polar surface area (TPSA) is 76.0 Å². The molecule has 2 rings (SSSR count). The molecule has 0 aromatic carbocycles. The largest absolute Gasteiger partial charge is 0.478 e. The van der Waals surface area contributed by atoms with Crippen molar-refractivity contribution in [3.8, 4) is 5.88 Å². The average molecular weight is 362 g/mol. The number of pyridine rings is 1. The third kappa shape index (κ3) is 5.34. The SMILES string of the molecule is CCCOc1ccc(CN=C(NCC)N2CC(C)C(C(=O)OC)C2)cn1. The van der Waals surface area contributed by atoms with E-state index >= 15 is 0 Å². The standard InChI is InChI=1S/C19H30N4O3/c1-5-9-26-17-8-7-15(10-21-17)11-22-19(20-6-2)23-12-14(3)16(13-23)18(24)25-4/h7-8,10,14,16H,5-6,9,11-13H2,1-4H3,(H,20,22). The Morgan fingerprint density at radius 1 is 1.38 bits per heavy atom. The summed E-state index contributed by atoms with van der Waals surface area (Å²) in [5, 5.41) is 3.31. The Labute approximate surface area is 155 Å². The summed E-state index contributed by atoms with van der Waals surface area (Å²) in [5.41, 5.74) is 1.01. The van der Waals surface area contributed by atoms with Gasteiger partial charge in [0.2, 0.25) is 5.88 Å². The zero-order valence-corrected chi connectivity index (χ0v) is 16.2. The number of rotatable bonds is 7. The number of carbonyl (C=O) groups excluding carboxylic acids is 1. The van der Waals surface area contributed by atoms with Crippen LogP contribution in [0, 0.1) is 11.8 Å². The van der Waals surface area contributed by atoms with Gasteiger partial charge in [-0.05, 0) is 24.8 Å². The summed E-state index contributed by atoms with van der Waals surface area (Å²) >= 11 is 0.